The molecule has 0 aliphatic rings. The highest BCUT2D eigenvalue weighted by molar-refractivity contribution is 5.77. The molecular weight excluding hydrogens is 231 g/mol. The van der Waals surface area contributed by atoms with Gasteiger partial charge in [0.1, 0.15) is 5.82 Å². The Hall–Kier alpha value is -1.97. The fraction of sp³-hybridized carbons (Fsp3) is 0.286. The monoisotopic (exact) mass is 246 g/mol. The van der Waals surface area contributed by atoms with E-state index in [1.165, 1.54) is 17.7 Å². The van der Waals surface area contributed by atoms with Gasteiger partial charge in [0.05, 0.1) is 5.69 Å². The molecule has 1 aromatic heterocycles. The average molecular weight is 246 g/mol. The van der Waals surface area contributed by atoms with Crippen molar-refractivity contribution in [2.45, 2.75) is 27.2 Å². The summed E-state index contributed by atoms with van der Waals surface area (Å²) in [5.74, 6) is -0.380. The number of benzene rings is 1. The maximum atomic E-state index is 13.7. The van der Waals surface area contributed by atoms with Gasteiger partial charge < -0.3 is 0 Å². The highest BCUT2D eigenvalue weighted by Crippen LogP contribution is 2.22. The number of rotatable bonds is 2. The minimum atomic E-state index is -0.231. The first-order chi connectivity index (χ1) is 8.52. The zero-order valence-electron chi connectivity index (χ0n) is 10.7. The van der Waals surface area contributed by atoms with Crippen molar-refractivity contribution >= 4 is 5.91 Å². The molecule has 3 nitrogen and oxygen atoms in total. The number of carbonyl (C=O) groups is 1. The molecule has 0 radical (unpaired) electrons. The summed E-state index contributed by atoms with van der Waals surface area (Å²) in [5, 5.41) is 4.18. The molecule has 18 heavy (non-hydrogen) atoms. The third kappa shape index (κ3) is 2.18. The fourth-order valence-electron chi connectivity index (χ4n) is 1.93. The Bertz CT molecular complexity index is 602. The Labute approximate surface area is 105 Å². The van der Waals surface area contributed by atoms with Crippen molar-refractivity contribution in [3.63, 3.8) is 0 Å². The van der Waals surface area contributed by atoms with Gasteiger partial charge >= 0.3 is 0 Å². The van der Waals surface area contributed by atoms with Gasteiger partial charge in [-0.3, -0.25) is 4.79 Å². The smallest absolute Gasteiger partial charge is 0.243 e. The average Bonchev–Trinajstić information content (AvgIpc) is 2.71. The normalized spacial score (nSPS) is 10.7. The minimum Gasteiger partial charge on any atom is -0.273 e. The molecule has 0 spiro atoms. The van der Waals surface area contributed by atoms with Crippen LogP contribution in [0.2, 0.25) is 0 Å². The second kappa shape index (κ2) is 4.72. The maximum absolute atomic E-state index is 13.7. The fourth-order valence-corrected chi connectivity index (χ4v) is 1.93. The maximum Gasteiger partial charge on any atom is 0.243 e. The topological polar surface area (TPSA) is 34.9 Å². The Morgan fingerprint density at radius 3 is 2.61 bits per heavy atom. The molecule has 94 valence electrons. The van der Waals surface area contributed by atoms with Crippen molar-refractivity contribution in [2.75, 3.05) is 0 Å². The molecule has 0 N–H and O–H groups in total. The predicted molar refractivity (Wildman–Crippen MR) is 68.0 cm³/mol. The molecule has 2 aromatic rings. The highest BCUT2D eigenvalue weighted by atomic mass is 19.1. The van der Waals surface area contributed by atoms with Gasteiger partial charge in [0.25, 0.3) is 0 Å². The van der Waals surface area contributed by atoms with Crippen LogP contribution in [0.1, 0.15) is 29.9 Å². The predicted octanol–water partition coefficient (Wildman–Crippen LogP) is 3.22. The van der Waals surface area contributed by atoms with Crippen molar-refractivity contribution in [3.05, 3.63) is 41.3 Å². The van der Waals surface area contributed by atoms with E-state index in [-0.39, 0.29) is 11.7 Å². The SMILES string of the molecule is CCc1ccc(-c2cc(C)n(C(C)=O)n2)cc1F. The standard InChI is InChI=1S/C14H15FN2O/c1-4-11-5-6-12(8-13(11)15)14-7-9(2)17(16-14)10(3)18/h5-8H,4H2,1-3H3. The van der Waals surface area contributed by atoms with Gasteiger partial charge in [0, 0.05) is 18.2 Å². The van der Waals surface area contributed by atoms with E-state index < -0.39 is 0 Å². The van der Waals surface area contributed by atoms with Gasteiger partial charge in [0.2, 0.25) is 5.91 Å². The Kier molecular flexibility index (Phi) is 3.28. The first-order valence-electron chi connectivity index (χ1n) is 5.89. The first kappa shape index (κ1) is 12.5. The van der Waals surface area contributed by atoms with Crippen LogP contribution in [0.4, 0.5) is 4.39 Å². The van der Waals surface area contributed by atoms with Gasteiger partial charge in [0.15, 0.2) is 0 Å². The first-order valence-corrected chi connectivity index (χ1v) is 5.89. The van der Waals surface area contributed by atoms with Crippen molar-refractivity contribution < 1.29 is 9.18 Å². The van der Waals surface area contributed by atoms with E-state index in [2.05, 4.69) is 5.10 Å². The zero-order chi connectivity index (χ0) is 13.3. The zero-order valence-corrected chi connectivity index (χ0v) is 10.7. The summed E-state index contributed by atoms with van der Waals surface area (Å²) in [5.41, 5.74) is 2.73. The van der Waals surface area contributed by atoms with E-state index in [9.17, 15) is 9.18 Å². The summed E-state index contributed by atoms with van der Waals surface area (Å²) in [4.78, 5) is 11.3. The minimum absolute atomic E-state index is 0.149. The van der Waals surface area contributed by atoms with E-state index in [0.717, 1.165) is 5.69 Å². The van der Waals surface area contributed by atoms with E-state index in [4.69, 9.17) is 0 Å². The second-order valence-electron chi connectivity index (χ2n) is 4.26. The number of hydrogen-bond donors (Lipinski definition) is 0. The van der Waals surface area contributed by atoms with Gasteiger partial charge in [-0.15, -0.1) is 0 Å². The number of nitrogens with zero attached hydrogens (tertiary/aromatic N) is 2. The van der Waals surface area contributed by atoms with Crippen LogP contribution in [0.15, 0.2) is 24.3 Å². The summed E-state index contributed by atoms with van der Waals surface area (Å²) >= 11 is 0. The number of aryl methyl sites for hydroxylation is 2. The van der Waals surface area contributed by atoms with Gasteiger partial charge in [-0.1, -0.05) is 19.1 Å². The second-order valence-corrected chi connectivity index (χ2v) is 4.26. The van der Waals surface area contributed by atoms with Gasteiger partial charge in [-0.2, -0.15) is 5.10 Å². The lowest BCUT2D eigenvalue weighted by atomic mass is 10.1. The molecule has 0 fully saturated rings. The lowest BCUT2D eigenvalue weighted by Gasteiger charge is -2.02. The molecule has 4 heteroatoms. The van der Waals surface area contributed by atoms with Crippen LogP contribution in [0, 0.1) is 12.7 Å². The molecule has 1 aromatic carbocycles. The van der Waals surface area contributed by atoms with Crippen LogP contribution in [0.5, 0.6) is 0 Å². The van der Waals surface area contributed by atoms with E-state index in [1.807, 2.05) is 13.0 Å². The molecular formula is C14H15FN2O. The van der Waals surface area contributed by atoms with Crippen LogP contribution in [-0.2, 0) is 6.42 Å². The summed E-state index contributed by atoms with van der Waals surface area (Å²) in [6, 6.07) is 6.83. The van der Waals surface area contributed by atoms with Crippen LogP contribution in [0.3, 0.4) is 0 Å². The van der Waals surface area contributed by atoms with E-state index >= 15 is 0 Å². The quantitative estimate of drug-likeness (QED) is 0.815. The third-order valence-electron chi connectivity index (χ3n) is 2.92. The lowest BCUT2D eigenvalue weighted by molar-refractivity contribution is 0.0919. The summed E-state index contributed by atoms with van der Waals surface area (Å²) in [6.07, 6.45) is 0.660. The molecule has 0 saturated heterocycles. The Morgan fingerprint density at radius 2 is 2.11 bits per heavy atom. The number of hydrogen-bond acceptors (Lipinski definition) is 2. The Morgan fingerprint density at radius 1 is 1.39 bits per heavy atom. The van der Waals surface area contributed by atoms with E-state index in [1.54, 1.807) is 19.1 Å². The van der Waals surface area contributed by atoms with Crippen LogP contribution >= 0.6 is 0 Å². The molecule has 1 heterocycles. The molecule has 0 bridgehead atoms. The van der Waals surface area contributed by atoms with Gasteiger partial charge in [-0.05, 0) is 31.0 Å². The molecule has 0 amide bonds. The van der Waals surface area contributed by atoms with Crippen LogP contribution in [-0.4, -0.2) is 15.7 Å². The van der Waals surface area contributed by atoms with Crippen molar-refractivity contribution in [1.29, 1.82) is 0 Å². The number of aromatic nitrogens is 2. The van der Waals surface area contributed by atoms with Gasteiger partial charge in [-0.25, -0.2) is 9.07 Å². The lowest BCUT2D eigenvalue weighted by Crippen LogP contribution is -2.09. The summed E-state index contributed by atoms with van der Waals surface area (Å²) in [6.45, 7) is 5.16. The molecule has 0 aliphatic carbocycles. The molecule has 2 rings (SSSR count). The molecule has 0 unspecified atom stereocenters. The Balaban J connectivity index is 2.46. The van der Waals surface area contributed by atoms with Crippen molar-refractivity contribution in [3.8, 4) is 11.3 Å². The van der Waals surface area contributed by atoms with Crippen molar-refractivity contribution in [1.82, 2.24) is 9.78 Å². The molecule has 0 saturated carbocycles. The largest absolute Gasteiger partial charge is 0.273 e. The highest BCUT2D eigenvalue weighted by Gasteiger charge is 2.10. The number of halogens is 1. The van der Waals surface area contributed by atoms with E-state index in [0.29, 0.717) is 23.2 Å². The van der Waals surface area contributed by atoms with Crippen molar-refractivity contribution in [2.24, 2.45) is 0 Å². The molecule has 0 aliphatic heterocycles. The molecule has 0 atom stereocenters. The summed E-state index contributed by atoms with van der Waals surface area (Å²) in [7, 11) is 0. The summed E-state index contributed by atoms with van der Waals surface area (Å²) < 4.78 is 15.0. The number of carbonyl (C=O) groups excluding carboxylic acids is 1. The van der Waals surface area contributed by atoms with Crippen LogP contribution < -0.4 is 0 Å². The third-order valence-corrected chi connectivity index (χ3v) is 2.92. The van der Waals surface area contributed by atoms with Crippen LogP contribution in [0.25, 0.3) is 11.3 Å².